The van der Waals surface area contributed by atoms with Crippen LogP contribution < -0.4 is 0 Å². The summed E-state index contributed by atoms with van der Waals surface area (Å²) in [5, 5.41) is 0. The minimum Gasteiger partial charge on any atom is -0.469 e. The number of ether oxygens (including phenoxy) is 1. The number of benzene rings is 1. The third-order valence-electron chi connectivity index (χ3n) is 4.12. The minimum absolute atomic E-state index is 0.00184. The predicted octanol–water partition coefficient (Wildman–Crippen LogP) is 3.88. The quantitative estimate of drug-likeness (QED) is 0.620. The van der Waals surface area contributed by atoms with Gasteiger partial charge in [0.1, 0.15) is 0 Å². The highest BCUT2D eigenvalue weighted by Crippen LogP contribution is 2.74. The molecule has 18 heavy (non-hydrogen) atoms. The summed E-state index contributed by atoms with van der Waals surface area (Å²) in [4.78, 5) is 12.9. The maximum absolute atomic E-state index is 11.6. The van der Waals surface area contributed by atoms with Crippen LogP contribution in [0.2, 0.25) is 0 Å². The fourth-order valence-electron chi connectivity index (χ4n) is 3.35. The summed E-state index contributed by atoms with van der Waals surface area (Å²) in [7, 11) is 1.49. The lowest BCUT2D eigenvalue weighted by Gasteiger charge is -2.68. The Morgan fingerprint density at radius 2 is 1.94 bits per heavy atom. The van der Waals surface area contributed by atoms with E-state index in [0.29, 0.717) is 5.41 Å². The van der Waals surface area contributed by atoms with Gasteiger partial charge in [-0.1, -0.05) is 15.9 Å². The van der Waals surface area contributed by atoms with Gasteiger partial charge in [0.25, 0.3) is 0 Å². The molecule has 0 aliphatic heterocycles. The second kappa shape index (κ2) is 4.27. The topological polar surface area (TPSA) is 26.3 Å². The third-order valence-corrected chi connectivity index (χ3v) is 6.01. The van der Waals surface area contributed by atoms with E-state index in [-0.39, 0.29) is 11.4 Å². The van der Waals surface area contributed by atoms with Gasteiger partial charge in [-0.15, -0.1) is 11.8 Å². The van der Waals surface area contributed by atoms with E-state index in [2.05, 4.69) is 40.2 Å². The zero-order valence-electron chi connectivity index (χ0n) is 10.2. The average Bonchev–Trinajstić information content (AvgIpc) is 2.27. The van der Waals surface area contributed by atoms with Gasteiger partial charge in [-0.2, -0.15) is 0 Å². The summed E-state index contributed by atoms with van der Waals surface area (Å²) < 4.78 is 5.98. The molecule has 4 heteroatoms. The van der Waals surface area contributed by atoms with Crippen LogP contribution in [0, 0.1) is 10.8 Å². The Labute approximate surface area is 120 Å². The zero-order valence-corrected chi connectivity index (χ0v) is 12.6. The Morgan fingerprint density at radius 1 is 1.33 bits per heavy atom. The van der Waals surface area contributed by atoms with Crippen molar-refractivity contribution in [1.82, 2.24) is 0 Å². The van der Waals surface area contributed by atoms with Gasteiger partial charge in [-0.25, -0.2) is 0 Å². The molecule has 0 N–H and O–H groups in total. The van der Waals surface area contributed by atoms with Gasteiger partial charge in [-0.05, 0) is 48.9 Å². The summed E-state index contributed by atoms with van der Waals surface area (Å²) in [6, 6.07) is 8.41. The van der Waals surface area contributed by atoms with E-state index in [1.165, 1.54) is 12.0 Å². The third kappa shape index (κ3) is 1.90. The second-order valence-electron chi connectivity index (χ2n) is 5.54. The smallest absolute Gasteiger partial charge is 0.311 e. The first-order valence-electron chi connectivity index (χ1n) is 6.04. The number of thioether (sulfide) groups is 1. The van der Waals surface area contributed by atoms with Gasteiger partial charge >= 0.3 is 5.97 Å². The van der Waals surface area contributed by atoms with Crippen LogP contribution in [0.5, 0.6) is 0 Å². The largest absolute Gasteiger partial charge is 0.469 e. The summed E-state index contributed by atoms with van der Waals surface area (Å²) >= 11 is 5.33. The highest BCUT2D eigenvalue weighted by atomic mass is 79.9. The molecule has 0 atom stereocenters. The second-order valence-corrected chi connectivity index (χ2v) is 7.51. The molecule has 96 valence electrons. The lowest BCUT2D eigenvalue weighted by molar-refractivity contribution is -0.216. The molecule has 0 radical (unpaired) electrons. The van der Waals surface area contributed by atoms with Crippen molar-refractivity contribution in [2.24, 2.45) is 10.8 Å². The van der Waals surface area contributed by atoms with E-state index in [1.807, 2.05) is 11.8 Å². The number of carbonyl (C=O) groups is 1. The van der Waals surface area contributed by atoms with E-state index in [0.717, 1.165) is 29.5 Å². The first-order chi connectivity index (χ1) is 8.57. The molecule has 0 amide bonds. The van der Waals surface area contributed by atoms with Crippen LogP contribution in [-0.2, 0) is 9.53 Å². The van der Waals surface area contributed by atoms with Crippen LogP contribution in [0.15, 0.2) is 33.6 Å². The molecule has 3 fully saturated rings. The van der Waals surface area contributed by atoms with Gasteiger partial charge < -0.3 is 4.74 Å². The van der Waals surface area contributed by atoms with Crippen LogP contribution in [0.1, 0.15) is 19.3 Å². The van der Waals surface area contributed by atoms with Crippen LogP contribution in [0.4, 0.5) is 0 Å². The Bertz CT molecular complexity index is 463. The summed E-state index contributed by atoms with van der Waals surface area (Å²) in [6.07, 6.45) is 3.07. The number of carbonyl (C=O) groups excluding carboxylic acids is 1. The summed E-state index contributed by atoms with van der Waals surface area (Å²) in [6.45, 7) is 0. The Hall–Kier alpha value is -0.480. The SMILES string of the molecule is COC(=O)C12CC(CSc3ccc(Br)cc3)(C1)C2. The number of hydrogen-bond donors (Lipinski definition) is 0. The standard InChI is InChI=1S/C14H15BrO2S/c1-17-12(16)14-6-13(7-14,8-14)9-18-11-4-2-10(15)3-5-11/h2-5H,6-9H2,1H3. The van der Waals surface area contributed by atoms with E-state index < -0.39 is 0 Å². The highest BCUT2D eigenvalue weighted by Gasteiger charge is 2.71. The molecule has 0 saturated heterocycles. The number of halogens is 1. The number of methoxy groups -OCH3 is 1. The van der Waals surface area contributed by atoms with E-state index in [1.54, 1.807) is 0 Å². The molecule has 1 aromatic carbocycles. The summed E-state index contributed by atoms with van der Waals surface area (Å²) in [5.74, 6) is 1.12. The Morgan fingerprint density at radius 3 is 2.50 bits per heavy atom. The van der Waals surface area contributed by atoms with Crippen molar-refractivity contribution in [2.75, 3.05) is 12.9 Å². The molecule has 4 rings (SSSR count). The van der Waals surface area contributed by atoms with Gasteiger partial charge in [0.05, 0.1) is 12.5 Å². The van der Waals surface area contributed by atoms with Gasteiger partial charge in [0.2, 0.25) is 0 Å². The Balaban J connectivity index is 1.53. The molecule has 0 aromatic heterocycles. The fraction of sp³-hybridized carbons (Fsp3) is 0.500. The van der Waals surface area contributed by atoms with Crippen molar-refractivity contribution in [1.29, 1.82) is 0 Å². The van der Waals surface area contributed by atoms with Crippen molar-refractivity contribution >= 4 is 33.7 Å². The van der Waals surface area contributed by atoms with Crippen LogP contribution in [0.25, 0.3) is 0 Å². The van der Waals surface area contributed by atoms with Crippen LogP contribution in [0.3, 0.4) is 0 Å². The molecule has 1 aromatic rings. The van der Waals surface area contributed by atoms with E-state index in [4.69, 9.17) is 4.74 Å². The van der Waals surface area contributed by atoms with Crippen molar-refractivity contribution in [2.45, 2.75) is 24.2 Å². The molecule has 2 bridgehead atoms. The highest BCUT2D eigenvalue weighted by molar-refractivity contribution is 9.10. The van der Waals surface area contributed by atoms with E-state index in [9.17, 15) is 4.79 Å². The number of esters is 1. The first kappa shape index (κ1) is 12.5. The molecule has 0 unspecified atom stereocenters. The van der Waals surface area contributed by atoms with Gasteiger partial charge in [0, 0.05) is 15.1 Å². The first-order valence-corrected chi connectivity index (χ1v) is 7.82. The molecule has 3 aliphatic carbocycles. The van der Waals surface area contributed by atoms with Crippen molar-refractivity contribution in [3.8, 4) is 0 Å². The maximum atomic E-state index is 11.6. The minimum atomic E-state index is -0.102. The molecule has 0 heterocycles. The number of hydrogen-bond acceptors (Lipinski definition) is 3. The lowest BCUT2D eigenvalue weighted by Crippen LogP contribution is -2.66. The van der Waals surface area contributed by atoms with Crippen molar-refractivity contribution < 1.29 is 9.53 Å². The van der Waals surface area contributed by atoms with Crippen molar-refractivity contribution in [3.05, 3.63) is 28.7 Å². The normalized spacial score (nSPS) is 32.3. The average molecular weight is 327 g/mol. The lowest BCUT2D eigenvalue weighted by atomic mass is 9.36. The molecular formula is C14H15BrO2S. The van der Waals surface area contributed by atoms with Crippen LogP contribution >= 0.6 is 27.7 Å². The van der Waals surface area contributed by atoms with Gasteiger partial charge in [-0.3, -0.25) is 4.79 Å². The zero-order chi connectivity index (χ0) is 12.8. The molecule has 3 aliphatic rings. The van der Waals surface area contributed by atoms with Gasteiger partial charge in [0.15, 0.2) is 0 Å². The van der Waals surface area contributed by atoms with Crippen LogP contribution in [-0.4, -0.2) is 18.8 Å². The molecule has 2 nitrogen and oxygen atoms in total. The Kier molecular flexibility index (Phi) is 2.98. The number of rotatable bonds is 4. The monoisotopic (exact) mass is 326 g/mol. The van der Waals surface area contributed by atoms with E-state index >= 15 is 0 Å². The summed E-state index contributed by atoms with van der Waals surface area (Å²) in [5.41, 5.74) is 0.307. The van der Waals surface area contributed by atoms with Crippen molar-refractivity contribution in [3.63, 3.8) is 0 Å². The molecule has 3 saturated carbocycles. The fourth-order valence-corrected chi connectivity index (χ4v) is 4.72. The molecule has 0 spiro atoms. The maximum Gasteiger partial charge on any atom is 0.311 e. The predicted molar refractivity (Wildman–Crippen MR) is 75.6 cm³/mol. The molecular weight excluding hydrogens is 312 g/mol.